The van der Waals surface area contributed by atoms with E-state index in [4.69, 9.17) is 4.74 Å². The lowest BCUT2D eigenvalue weighted by Gasteiger charge is -2.43. The maximum absolute atomic E-state index is 5.65. The highest BCUT2D eigenvalue weighted by molar-refractivity contribution is 7.81. The molecule has 0 saturated carbocycles. The van der Waals surface area contributed by atoms with E-state index in [1.54, 1.807) is 0 Å². The Bertz CT molecular complexity index is 174. The maximum atomic E-state index is 5.65. The predicted molar refractivity (Wildman–Crippen MR) is 44.1 cm³/mol. The Labute approximate surface area is 66.9 Å². The van der Waals surface area contributed by atoms with Crippen molar-refractivity contribution in [1.29, 1.82) is 0 Å². The summed E-state index contributed by atoms with van der Waals surface area (Å²) in [5.74, 6) is 0.529. The Hall–Kier alpha value is 0.0500. The van der Waals surface area contributed by atoms with E-state index in [1.165, 1.54) is 12.8 Å². The summed E-state index contributed by atoms with van der Waals surface area (Å²) in [6.45, 7) is 2.05. The molecule has 0 N–H and O–H groups in total. The second-order valence-electron chi connectivity index (χ2n) is 3.28. The third kappa shape index (κ3) is 0.903. The maximum Gasteiger partial charge on any atom is 0.115 e. The van der Waals surface area contributed by atoms with Crippen LogP contribution in [0.1, 0.15) is 19.8 Å². The van der Waals surface area contributed by atoms with Gasteiger partial charge >= 0.3 is 0 Å². The Balaban J connectivity index is 2.27. The van der Waals surface area contributed by atoms with Crippen molar-refractivity contribution in [2.75, 3.05) is 0 Å². The topological polar surface area (TPSA) is 9.23 Å². The molecule has 3 atom stereocenters. The van der Waals surface area contributed by atoms with E-state index in [0.717, 1.165) is 0 Å². The first kappa shape index (κ1) is 6.74. The van der Waals surface area contributed by atoms with Gasteiger partial charge in [0.15, 0.2) is 0 Å². The van der Waals surface area contributed by atoms with Crippen molar-refractivity contribution in [3.05, 3.63) is 12.2 Å². The molecule has 0 aromatic rings. The van der Waals surface area contributed by atoms with Crippen LogP contribution in [0, 0.1) is 5.92 Å². The average Bonchev–Trinajstić information content (AvgIpc) is 1.87. The quantitative estimate of drug-likeness (QED) is 0.417. The summed E-state index contributed by atoms with van der Waals surface area (Å²) in [5, 5.41) is 0. The molecule has 3 rings (SSSR count). The van der Waals surface area contributed by atoms with Gasteiger partial charge in [-0.1, -0.05) is 12.2 Å². The number of fused-ring (bicyclic) bond motifs is 2. The van der Waals surface area contributed by atoms with Crippen LogP contribution in [0.2, 0.25) is 0 Å². The fraction of sp³-hybridized carbons (Fsp3) is 0.750. The average molecular weight is 156 g/mol. The molecule has 2 aliphatic heterocycles. The molecular weight excluding hydrogens is 144 g/mol. The molecule has 1 nitrogen and oxygen atoms in total. The summed E-state index contributed by atoms with van der Waals surface area (Å²) < 4.78 is 5.65. The molecule has 2 bridgehead atoms. The van der Waals surface area contributed by atoms with Gasteiger partial charge in [0.2, 0.25) is 0 Å². The van der Waals surface area contributed by atoms with Crippen molar-refractivity contribution in [3.8, 4) is 0 Å². The minimum Gasteiger partial charge on any atom is -0.357 e. The number of rotatable bonds is 0. The first-order valence-electron chi connectivity index (χ1n) is 3.77. The van der Waals surface area contributed by atoms with E-state index < -0.39 is 0 Å². The number of hydrogen-bond donors (Lipinski definition) is 1. The van der Waals surface area contributed by atoms with Gasteiger partial charge in [-0.15, -0.1) is 12.6 Å². The van der Waals surface area contributed by atoms with Crippen LogP contribution in [0.25, 0.3) is 0 Å². The monoisotopic (exact) mass is 156 g/mol. The standard InChI is InChI=1S/C8H12OS/c1-8(10)6-2-4-7(9-8)5-3-6/h2,4,6-7,10H,3,5H2,1H3. The third-order valence-electron chi connectivity index (χ3n) is 2.40. The summed E-state index contributed by atoms with van der Waals surface area (Å²) >= 11 is 4.45. The summed E-state index contributed by atoms with van der Waals surface area (Å²) in [6, 6.07) is 0. The van der Waals surface area contributed by atoms with Gasteiger partial charge in [-0.05, 0) is 19.8 Å². The van der Waals surface area contributed by atoms with Crippen molar-refractivity contribution < 1.29 is 4.74 Å². The molecule has 3 aliphatic rings. The lowest BCUT2D eigenvalue weighted by molar-refractivity contribution is -0.0722. The molecule has 56 valence electrons. The number of thiol groups is 1. The highest BCUT2D eigenvalue weighted by Crippen LogP contribution is 2.41. The molecule has 2 heteroatoms. The lowest BCUT2D eigenvalue weighted by atomic mass is 9.86. The van der Waals surface area contributed by atoms with E-state index >= 15 is 0 Å². The molecule has 0 spiro atoms. The summed E-state index contributed by atoms with van der Waals surface area (Å²) in [7, 11) is 0. The van der Waals surface area contributed by atoms with Crippen LogP contribution in [0.3, 0.4) is 0 Å². The molecule has 0 radical (unpaired) electrons. The largest absolute Gasteiger partial charge is 0.357 e. The minimum atomic E-state index is -0.197. The third-order valence-corrected chi connectivity index (χ3v) is 2.84. The summed E-state index contributed by atoms with van der Waals surface area (Å²) in [5.41, 5.74) is 0. The zero-order valence-electron chi connectivity index (χ0n) is 6.08. The van der Waals surface area contributed by atoms with Gasteiger partial charge in [0.1, 0.15) is 4.93 Å². The second-order valence-corrected chi connectivity index (χ2v) is 4.17. The zero-order valence-corrected chi connectivity index (χ0v) is 6.97. The van der Waals surface area contributed by atoms with Crippen LogP contribution in [-0.2, 0) is 4.74 Å². The van der Waals surface area contributed by atoms with Gasteiger partial charge in [-0.2, -0.15) is 0 Å². The first-order chi connectivity index (χ1) is 4.68. The molecule has 3 unspecified atom stereocenters. The van der Waals surface area contributed by atoms with Crippen LogP contribution in [0.5, 0.6) is 0 Å². The van der Waals surface area contributed by atoms with Crippen molar-refractivity contribution in [2.45, 2.75) is 30.8 Å². The van der Waals surface area contributed by atoms with Gasteiger partial charge in [0.05, 0.1) is 6.10 Å². The smallest absolute Gasteiger partial charge is 0.115 e. The zero-order chi connectivity index (χ0) is 7.19. The van der Waals surface area contributed by atoms with Gasteiger partial charge in [-0.3, -0.25) is 0 Å². The molecule has 0 amide bonds. The summed E-state index contributed by atoms with van der Waals surface area (Å²) in [4.78, 5) is -0.197. The molecule has 0 aromatic carbocycles. The predicted octanol–water partition coefficient (Wildman–Crippen LogP) is 2.00. The molecule has 2 heterocycles. The van der Waals surface area contributed by atoms with E-state index in [1.807, 2.05) is 0 Å². The Morgan fingerprint density at radius 2 is 2.30 bits per heavy atom. The molecule has 1 saturated heterocycles. The molecule has 1 aliphatic carbocycles. The molecule has 1 fully saturated rings. The van der Waals surface area contributed by atoms with Gasteiger partial charge in [0.25, 0.3) is 0 Å². The number of ether oxygens (including phenoxy) is 1. The van der Waals surface area contributed by atoms with Crippen molar-refractivity contribution >= 4 is 12.6 Å². The molecule has 10 heavy (non-hydrogen) atoms. The Morgan fingerprint density at radius 3 is 2.50 bits per heavy atom. The summed E-state index contributed by atoms with van der Waals surface area (Å²) in [6.07, 6.45) is 7.16. The lowest BCUT2D eigenvalue weighted by Crippen LogP contribution is -2.42. The minimum absolute atomic E-state index is 0.197. The van der Waals surface area contributed by atoms with Crippen LogP contribution in [0.4, 0.5) is 0 Å². The Kier molecular flexibility index (Phi) is 1.36. The highest BCUT2D eigenvalue weighted by atomic mass is 32.1. The normalized spacial score (nSPS) is 51.8. The van der Waals surface area contributed by atoms with Crippen LogP contribution < -0.4 is 0 Å². The van der Waals surface area contributed by atoms with E-state index in [2.05, 4.69) is 31.7 Å². The highest BCUT2D eigenvalue weighted by Gasteiger charge is 2.39. The fourth-order valence-electron chi connectivity index (χ4n) is 1.73. The van der Waals surface area contributed by atoms with E-state index in [0.29, 0.717) is 12.0 Å². The van der Waals surface area contributed by atoms with Crippen LogP contribution in [0.15, 0.2) is 12.2 Å². The van der Waals surface area contributed by atoms with Crippen LogP contribution >= 0.6 is 12.6 Å². The van der Waals surface area contributed by atoms with Crippen molar-refractivity contribution in [2.24, 2.45) is 5.92 Å². The van der Waals surface area contributed by atoms with Gasteiger partial charge in [0, 0.05) is 5.92 Å². The van der Waals surface area contributed by atoms with Gasteiger partial charge < -0.3 is 4.74 Å². The van der Waals surface area contributed by atoms with E-state index in [9.17, 15) is 0 Å². The van der Waals surface area contributed by atoms with Gasteiger partial charge in [-0.25, -0.2) is 0 Å². The van der Waals surface area contributed by atoms with Crippen LogP contribution in [-0.4, -0.2) is 11.0 Å². The van der Waals surface area contributed by atoms with E-state index in [-0.39, 0.29) is 4.93 Å². The van der Waals surface area contributed by atoms with Crippen molar-refractivity contribution in [3.63, 3.8) is 0 Å². The fourth-order valence-corrected chi connectivity index (χ4v) is 2.08. The molecule has 0 aromatic heterocycles. The number of hydrogen-bond acceptors (Lipinski definition) is 2. The SMILES string of the molecule is CC1(S)OC2C=CC1CC2. The van der Waals surface area contributed by atoms with Crippen molar-refractivity contribution in [1.82, 2.24) is 0 Å². The Morgan fingerprint density at radius 1 is 1.50 bits per heavy atom. The first-order valence-corrected chi connectivity index (χ1v) is 4.22. The second kappa shape index (κ2) is 2.02. The molecular formula is C8H12OS.